The Hall–Kier alpha value is 0.925. The molecular formula is C3H9LaO9S3. The Morgan fingerprint density at radius 3 is 0.562 bits per heavy atom. The molecule has 0 atom stereocenters. The van der Waals surface area contributed by atoms with Gasteiger partial charge in [0.15, 0.2) is 0 Å². The van der Waals surface area contributed by atoms with Crippen LogP contribution >= 0.6 is 0 Å². The molecule has 16 heavy (non-hydrogen) atoms. The molecule has 0 amide bonds. The van der Waals surface area contributed by atoms with Crippen molar-refractivity contribution in [1.29, 1.82) is 0 Å². The molecule has 0 rings (SSSR count). The predicted octanol–water partition coefficient (Wildman–Crippen LogP) is -2.52. The first-order chi connectivity index (χ1) is 6.00. The zero-order chi connectivity index (χ0) is 13.5. The first-order valence-corrected chi connectivity index (χ1v) is 8.17. The zero-order valence-electron chi connectivity index (χ0n) is 8.48. The third-order valence-corrected chi connectivity index (χ3v) is 0. The Morgan fingerprint density at radius 2 is 0.562 bits per heavy atom. The second-order valence-corrected chi connectivity index (χ2v) is 6.34. The fraction of sp³-hybridized carbons (Fsp3) is 1.00. The van der Waals surface area contributed by atoms with Crippen LogP contribution < -0.4 is 0 Å². The Kier molecular flexibility index (Phi) is 15.9. The summed E-state index contributed by atoms with van der Waals surface area (Å²) in [6, 6.07) is 0. The molecular weight excluding hydrogens is 415 g/mol. The molecule has 0 aromatic rings. The van der Waals surface area contributed by atoms with Gasteiger partial charge in [0, 0.05) is 18.8 Å². The van der Waals surface area contributed by atoms with Crippen LogP contribution in [0.25, 0.3) is 0 Å². The summed E-state index contributed by atoms with van der Waals surface area (Å²) in [4.78, 5) is 0. The van der Waals surface area contributed by atoms with Crippen LogP contribution in [0, 0.1) is 35.6 Å². The van der Waals surface area contributed by atoms with Gasteiger partial charge >= 0.3 is 35.6 Å². The van der Waals surface area contributed by atoms with Crippen LogP contribution in [-0.2, 0) is 30.4 Å². The summed E-state index contributed by atoms with van der Waals surface area (Å²) in [6.07, 6.45) is 1.81. The summed E-state index contributed by atoms with van der Waals surface area (Å²) in [5.74, 6) is 0. The van der Waals surface area contributed by atoms with E-state index in [9.17, 15) is 0 Å². The van der Waals surface area contributed by atoms with E-state index in [1.807, 2.05) is 0 Å². The molecule has 0 aliphatic rings. The van der Waals surface area contributed by atoms with Gasteiger partial charge in [-0.25, -0.2) is 25.3 Å². The minimum atomic E-state index is -3.92. The Morgan fingerprint density at radius 1 is 0.562 bits per heavy atom. The fourth-order valence-electron chi connectivity index (χ4n) is 0. The molecule has 0 saturated heterocycles. The van der Waals surface area contributed by atoms with Crippen molar-refractivity contribution in [3.05, 3.63) is 0 Å². The third-order valence-electron chi connectivity index (χ3n) is 0. The fourth-order valence-corrected chi connectivity index (χ4v) is 0. The average molecular weight is 424 g/mol. The summed E-state index contributed by atoms with van der Waals surface area (Å²) in [6.45, 7) is 0. The summed E-state index contributed by atoms with van der Waals surface area (Å²) < 4.78 is 81.7. The van der Waals surface area contributed by atoms with E-state index in [-0.39, 0.29) is 35.6 Å². The molecule has 0 saturated carbocycles. The smallest absolute Gasteiger partial charge is 0.748 e. The number of rotatable bonds is 0. The van der Waals surface area contributed by atoms with Gasteiger partial charge in [-0.3, -0.25) is 0 Å². The maximum Gasteiger partial charge on any atom is 3.00 e. The molecule has 0 aromatic heterocycles. The molecule has 0 bridgehead atoms. The van der Waals surface area contributed by atoms with Gasteiger partial charge in [0.05, 0.1) is 30.4 Å². The molecule has 0 aromatic carbocycles. The second-order valence-electron chi connectivity index (χ2n) is 2.11. The summed E-state index contributed by atoms with van der Waals surface area (Å²) >= 11 is 0. The molecule has 0 aliphatic carbocycles. The van der Waals surface area contributed by atoms with Crippen LogP contribution in [0.2, 0.25) is 0 Å². The standard InChI is InChI=1S/3CH4O3S.La/c3*1-5(2,3)4;/h3*1H3,(H,2,3,4);/q;;;+3/p-3. The van der Waals surface area contributed by atoms with Gasteiger partial charge in [0.1, 0.15) is 0 Å². The van der Waals surface area contributed by atoms with Crippen LogP contribution in [0.3, 0.4) is 0 Å². The van der Waals surface area contributed by atoms with Gasteiger partial charge in [0.2, 0.25) is 0 Å². The van der Waals surface area contributed by atoms with E-state index in [1.165, 1.54) is 0 Å². The SMILES string of the molecule is CS(=O)(=O)[O-].CS(=O)(=O)[O-].CS(=O)(=O)[O-].[La+3]. The maximum absolute atomic E-state index is 9.08. The van der Waals surface area contributed by atoms with Crippen molar-refractivity contribution in [2.24, 2.45) is 0 Å². The van der Waals surface area contributed by atoms with Crippen molar-refractivity contribution in [3.8, 4) is 0 Å². The summed E-state index contributed by atoms with van der Waals surface area (Å²) in [5.41, 5.74) is 0. The summed E-state index contributed by atoms with van der Waals surface area (Å²) in [7, 11) is -11.8. The van der Waals surface area contributed by atoms with Gasteiger partial charge in [0.25, 0.3) is 0 Å². The maximum atomic E-state index is 9.08. The van der Waals surface area contributed by atoms with E-state index in [0.29, 0.717) is 18.8 Å². The van der Waals surface area contributed by atoms with E-state index in [0.717, 1.165) is 0 Å². The van der Waals surface area contributed by atoms with E-state index in [4.69, 9.17) is 38.9 Å². The minimum Gasteiger partial charge on any atom is -0.748 e. The average Bonchev–Trinajstić information content (AvgIpc) is 1.41. The normalized spacial score (nSPS) is 10.9. The topological polar surface area (TPSA) is 172 Å². The van der Waals surface area contributed by atoms with Crippen molar-refractivity contribution in [2.45, 2.75) is 0 Å². The summed E-state index contributed by atoms with van der Waals surface area (Å²) in [5, 5.41) is 0. The van der Waals surface area contributed by atoms with Gasteiger partial charge in [-0.1, -0.05) is 0 Å². The van der Waals surface area contributed by atoms with Crippen molar-refractivity contribution >= 4 is 30.4 Å². The van der Waals surface area contributed by atoms with Crippen LogP contribution in [0.5, 0.6) is 0 Å². The van der Waals surface area contributed by atoms with Crippen LogP contribution in [-0.4, -0.2) is 57.7 Å². The van der Waals surface area contributed by atoms with Crippen LogP contribution in [0.15, 0.2) is 0 Å². The predicted molar refractivity (Wildman–Crippen MR) is 46.9 cm³/mol. The van der Waals surface area contributed by atoms with Crippen molar-refractivity contribution in [3.63, 3.8) is 0 Å². The first kappa shape index (κ1) is 25.7. The molecule has 0 heterocycles. The Balaban J connectivity index is -0.0000000655. The molecule has 0 unspecified atom stereocenters. The molecule has 13 heteroatoms. The van der Waals surface area contributed by atoms with Gasteiger partial charge in [-0.05, 0) is 0 Å². The first-order valence-electron chi connectivity index (χ1n) is 2.72. The second kappa shape index (κ2) is 9.90. The monoisotopic (exact) mass is 424 g/mol. The molecule has 0 spiro atoms. The van der Waals surface area contributed by atoms with Crippen LogP contribution in [0.1, 0.15) is 0 Å². The van der Waals surface area contributed by atoms with Gasteiger partial charge in [-0.2, -0.15) is 0 Å². The molecule has 96 valence electrons. The van der Waals surface area contributed by atoms with E-state index in [2.05, 4.69) is 0 Å². The quantitative estimate of drug-likeness (QED) is 0.381. The molecule has 0 fully saturated rings. The molecule has 0 N–H and O–H groups in total. The van der Waals surface area contributed by atoms with E-state index in [1.54, 1.807) is 0 Å². The minimum absolute atomic E-state index is 0. The number of hydrogen-bond acceptors (Lipinski definition) is 9. The zero-order valence-corrected chi connectivity index (χ0v) is 14.6. The van der Waals surface area contributed by atoms with Crippen LogP contribution in [0.4, 0.5) is 0 Å². The van der Waals surface area contributed by atoms with Crippen molar-refractivity contribution in [1.82, 2.24) is 0 Å². The van der Waals surface area contributed by atoms with Crippen molar-refractivity contribution in [2.75, 3.05) is 18.8 Å². The van der Waals surface area contributed by atoms with E-state index >= 15 is 0 Å². The molecule has 0 aliphatic heterocycles. The van der Waals surface area contributed by atoms with Gasteiger partial charge in [-0.15, -0.1) is 0 Å². The Labute approximate surface area is 122 Å². The largest absolute Gasteiger partial charge is 3.00 e. The third kappa shape index (κ3) is 3380. The van der Waals surface area contributed by atoms with Gasteiger partial charge < -0.3 is 13.7 Å². The molecule has 9 nitrogen and oxygen atoms in total. The molecule has 0 radical (unpaired) electrons. The Bertz CT molecular complexity index is 347. The van der Waals surface area contributed by atoms with Crippen molar-refractivity contribution < 1.29 is 74.5 Å². The number of hydrogen-bond donors (Lipinski definition) is 0. The van der Waals surface area contributed by atoms with E-state index < -0.39 is 30.4 Å².